The highest BCUT2D eigenvalue weighted by atomic mass is 16.5. The van der Waals surface area contributed by atoms with E-state index in [9.17, 15) is 9.59 Å². The minimum Gasteiger partial charge on any atom is -0.468 e. The molecule has 0 heterocycles. The summed E-state index contributed by atoms with van der Waals surface area (Å²) in [5.74, 6) is -0.755. The van der Waals surface area contributed by atoms with Gasteiger partial charge in [-0.15, -0.1) is 0 Å². The maximum absolute atomic E-state index is 11.7. The third-order valence-electron chi connectivity index (χ3n) is 2.83. The van der Waals surface area contributed by atoms with E-state index in [4.69, 9.17) is 10.5 Å². The summed E-state index contributed by atoms with van der Waals surface area (Å²) in [6, 6.07) is -0.433. The van der Waals surface area contributed by atoms with Gasteiger partial charge in [0.2, 0.25) is 5.91 Å². The third-order valence-corrected chi connectivity index (χ3v) is 2.83. The highest BCUT2D eigenvalue weighted by molar-refractivity contribution is 5.81. The topological polar surface area (TPSA) is 93.5 Å². The highest BCUT2D eigenvalue weighted by Crippen LogP contribution is 2.15. The second-order valence-corrected chi connectivity index (χ2v) is 4.14. The lowest BCUT2D eigenvalue weighted by Gasteiger charge is -2.28. The first-order valence-electron chi connectivity index (χ1n) is 5.71. The van der Waals surface area contributed by atoms with Gasteiger partial charge >= 0.3 is 5.97 Å². The molecular formula is C11H23N3O3. The van der Waals surface area contributed by atoms with Crippen molar-refractivity contribution in [3.8, 4) is 0 Å². The SMILES string of the molecule is CCNC(C)(CCC(NC)C(N)=O)C(=O)OC. The Kier molecular flexibility index (Phi) is 6.75. The number of amides is 1. The van der Waals surface area contributed by atoms with Crippen LogP contribution in [0.1, 0.15) is 26.7 Å². The van der Waals surface area contributed by atoms with Gasteiger partial charge in [0.05, 0.1) is 13.2 Å². The Morgan fingerprint density at radius 2 is 2.06 bits per heavy atom. The minimum atomic E-state index is -0.784. The number of esters is 1. The van der Waals surface area contributed by atoms with Gasteiger partial charge in [-0.3, -0.25) is 9.59 Å². The molecule has 0 radical (unpaired) electrons. The molecule has 17 heavy (non-hydrogen) atoms. The van der Waals surface area contributed by atoms with E-state index in [0.29, 0.717) is 19.4 Å². The smallest absolute Gasteiger partial charge is 0.325 e. The van der Waals surface area contributed by atoms with Crippen LogP contribution in [0.4, 0.5) is 0 Å². The van der Waals surface area contributed by atoms with E-state index >= 15 is 0 Å². The molecule has 0 bridgehead atoms. The van der Waals surface area contributed by atoms with Gasteiger partial charge in [0, 0.05) is 0 Å². The molecule has 0 saturated heterocycles. The number of nitrogens with two attached hydrogens (primary N) is 1. The molecule has 1 amide bonds. The average Bonchev–Trinajstić information content (AvgIpc) is 2.28. The average molecular weight is 245 g/mol. The normalized spacial score (nSPS) is 16.0. The van der Waals surface area contributed by atoms with Crippen molar-refractivity contribution in [2.75, 3.05) is 20.7 Å². The molecule has 0 aliphatic rings. The predicted molar refractivity (Wildman–Crippen MR) is 65.4 cm³/mol. The van der Waals surface area contributed by atoms with Crippen LogP contribution in [-0.4, -0.2) is 44.2 Å². The minimum absolute atomic E-state index is 0.335. The lowest BCUT2D eigenvalue weighted by Crippen LogP contribution is -2.51. The van der Waals surface area contributed by atoms with Crippen LogP contribution in [0.3, 0.4) is 0 Å². The van der Waals surface area contributed by atoms with Crippen molar-refractivity contribution < 1.29 is 14.3 Å². The molecule has 0 aromatic heterocycles. The summed E-state index contributed by atoms with van der Waals surface area (Å²) >= 11 is 0. The molecule has 0 rings (SSSR count). The number of carbonyl (C=O) groups excluding carboxylic acids is 2. The second kappa shape index (κ2) is 7.24. The number of primary amides is 1. The summed E-state index contributed by atoms with van der Waals surface area (Å²) in [6.07, 6.45) is 0.951. The summed E-state index contributed by atoms with van der Waals surface area (Å²) in [6.45, 7) is 4.31. The zero-order valence-electron chi connectivity index (χ0n) is 11.0. The molecule has 4 N–H and O–H groups in total. The molecule has 0 spiro atoms. The van der Waals surface area contributed by atoms with Crippen molar-refractivity contribution in [1.29, 1.82) is 0 Å². The lowest BCUT2D eigenvalue weighted by atomic mass is 9.93. The molecule has 2 unspecified atom stereocenters. The van der Waals surface area contributed by atoms with E-state index in [1.165, 1.54) is 7.11 Å². The van der Waals surface area contributed by atoms with E-state index in [2.05, 4.69) is 10.6 Å². The summed E-state index contributed by atoms with van der Waals surface area (Å²) in [5.41, 5.74) is 4.44. The monoisotopic (exact) mass is 245 g/mol. The van der Waals surface area contributed by atoms with Gasteiger partial charge < -0.3 is 21.1 Å². The Balaban J connectivity index is 4.55. The van der Waals surface area contributed by atoms with Crippen molar-refractivity contribution in [3.63, 3.8) is 0 Å². The molecular weight excluding hydrogens is 222 g/mol. The van der Waals surface area contributed by atoms with E-state index in [-0.39, 0.29) is 5.97 Å². The van der Waals surface area contributed by atoms with Gasteiger partial charge in [0.15, 0.2) is 0 Å². The van der Waals surface area contributed by atoms with Gasteiger partial charge in [-0.05, 0) is 33.4 Å². The van der Waals surface area contributed by atoms with Crippen LogP contribution in [0.25, 0.3) is 0 Å². The van der Waals surface area contributed by atoms with Crippen LogP contribution in [0, 0.1) is 0 Å². The number of methoxy groups -OCH3 is 1. The first kappa shape index (κ1) is 15.9. The Bertz CT molecular complexity index is 271. The summed E-state index contributed by atoms with van der Waals surface area (Å²) in [5, 5.41) is 5.89. The summed E-state index contributed by atoms with van der Waals surface area (Å²) in [7, 11) is 3.01. The maximum Gasteiger partial charge on any atom is 0.325 e. The highest BCUT2D eigenvalue weighted by Gasteiger charge is 2.34. The molecule has 0 aliphatic heterocycles. The van der Waals surface area contributed by atoms with Crippen LogP contribution in [0.15, 0.2) is 0 Å². The fourth-order valence-corrected chi connectivity index (χ4v) is 1.74. The quantitative estimate of drug-likeness (QED) is 0.496. The summed E-state index contributed by atoms with van der Waals surface area (Å²) in [4.78, 5) is 22.7. The number of hydrogen-bond donors (Lipinski definition) is 3. The van der Waals surface area contributed by atoms with Crippen molar-refractivity contribution in [3.05, 3.63) is 0 Å². The van der Waals surface area contributed by atoms with E-state index in [0.717, 1.165) is 0 Å². The predicted octanol–water partition coefficient (Wildman–Crippen LogP) is -0.619. The number of hydrogen-bond acceptors (Lipinski definition) is 5. The van der Waals surface area contributed by atoms with E-state index in [1.54, 1.807) is 14.0 Å². The molecule has 2 atom stereocenters. The third kappa shape index (κ3) is 4.70. The van der Waals surface area contributed by atoms with Crippen molar-refractivity contribution in [2.45, 2.75) is 38.3 Å². The first-order valence-corrected chi connectivity index (χ1v) is 5.71. The fraction of sp³-hybridized carbons (Fsp3) is 0.818. The molecule has 6 heteroatoms. The zero-order valence-corrected chi connectivity index (χ0v) is 11.0. The summed E-state index contributed by atoms with van der Waals surface area (Å²) < 4.78 is 4.76. The van der Waals surface area contributed by atoms with Gasteiger partial charge in [-0.2, -0.15) is 0 Å². The largest absolute Gasteiger partial charge is 0.468 e. The lowest BCUT2D eigenvalue weighted by molar-refractivity contribution is -0.148. The Hall–Kier alpha value is -1.14. The van der Waals surface area contributed by atoms with Gasteiger partial charge in [-0.25, -0.2) is 0 Å². The first-order chi connectivity index (χ1) is 7.91. The molecule has 6 nitrogen and oxygen atoms in total. The van der Waals surface area contributed by atoms with Crippen molar-refractivity contribution >= 4 is 11.9 Å². The van der Waals surface area contributed by atoms with Crippen LogP contribution in [0.2, 0.25) is 0 Å². The Morgan fingerprint density at radius 3 is 2.41 bits per heavy atom. The van der Waals surface area contributed by atoms with Gasteiger partial charge in [0.25, 0.3) is 0 Å². The van der Waals surface area contributed by atoms with E-state index in [1.807, 2.05) is 6.92 Å². The number of likely N-dealkylation sites (N-methyl/N-ethyl adjacent to an activating group) is 2. The molecule has 0 aliphatic carbocycles. The van der Waals surface area contributed by atoms with E-state index < -0.39 is 17.5 Å². The second-order valence-electron chi connectivity index (χ2n) is 4.14. The number of carbonyl (C=O) groups is 2. The van der Waals surface area contributed by atoms with Crippen LogP contribution in [0.5, 0.6) is 0 Å². The maximum atomic E-state index is 11.7. The van der Waals surface area contributed by atoms with Gasteiger partial charge in [-0.1, -0.05) is 6.92 Å². The number of rotatable bonds is 8. The zero-order chi connectivity index (χ0) is 13.5. The molecule has 100 valence electrons. The van der Waals surface area contributed by atoms with Crippen LogP contribution in [-0.2, 0) is 14.3 Å². The standard InChI is InChI=1S/C11H23N3O3/c1-5-14-11(2,10(16)17-4)7-6-8(13-3)9(12)15/h8,13-14H,5-7H2,1-4H3,(H2,12,15). The van der Waals surface area contributed by atoms with Crippen LogP contribution >= 0.6 is 0 Å². The molecule has 0 aromatic carbocycles. The fourth-order valence-electron chi connectivity index (χ4n) is 1.74. The Morgan fingerprint density at radius 1 is 1.47 bits per heavy atom. The van der Waals surface area contributed by atoms with Crippen molar-refractivity contribution in [1.82, 2.24) is 10.6 Å². The van der Waals surface area contributed by atoms with Crippen molar-refractivity contribution in [2.24, 2.45) is 5.73 Å². The molecule has 0 aromatic rings. The number of nitrogens with one attached hydrogen (secondary N) is 2. The Labute approximate surface area is 102 Å². The van der Waals surface area contributed by atoms with Crippen LogP contribution < -0.4 is 16.4 Å². The molecule has 0 saturated carbocycles. The van der Waals surface area contributed by atoms with Gasteiger partial charge in [0.1, 0.15) is 5.54 Å². The number of ether oxygens (including phenoxy) is 1. The molecule has 0 fully saturated rings.